The van der Waals surface area contributed by atoms with Crippen LogP contribution in [-0.4, -0.2) is 25.7 Å². The van der Waals surface area contributed by atoms with Crippen LogP contribution in [0.1, 0.15) is 24.5 Å². The van der Waals surface area contributed by atoms with Crippen molar-refractivity contribution < 1.29 is 14.3 Å². The topological polar surface area (TPSA) is 73.6 Å². The van der Waals surface area contributed by atoms with Crippen LogP contribution in [0.5, 0.6) is 11.5 Å². The third kappa shape index (κ3) is 6.47. The second-order valence-corrected chi connectivity index (χ2v) is 5.95. The van der Waals surface area contributed by atoms with Crippen molar-refractivity contribution in [2.24, 2.45) is 5.73 Å². The van der Waals surface area contributed by atoms with E-state index in [2.05, 4.69) is 17.4 Å². The third-order valence-corrected chi connectivity index (χ3v) is 3.98. The van der Waals surface area contributed by atoms with Gasteiger partial charge in [-0.15, -0.1) is 0 Å². The monoisotopic (exact) mass is 342 g/mol. The van der Waals surface area contributed by atoms with Gasteiger partial charge < -0.3 is 20.5 Å². The molecule has 0 bridgehead atoms. The Labute approximate surface area is 149 Å². The number of hydrogen-bond donors (Lipinski definition) is 2. The summed E-state index contributed by atoms with van der Waals surface area (Å²) in [6.07, 6.45) is 1.89. The van der Waals surface area contributed by atoms with E-state index < -0.39 is 0 Å². The summed E-state index contributed by atoms with van der Waals surface area (Å²) in [5.41, 5.74) is 7.55. The first-order chi connectivity index (χ1) is 12.1. The van der Waals surface area contributed by atoms with Gasteiger partial charge >= 0.3 is 0 Å². The first kappa shape index (κ1) is 18.8. The third-order valence-electron chi connectivity index (χ3n) is 3.98. The zero-order valence-electron chi connectivity index (χ0n) is 14.8. The van der Waals surface area contributed by atoms with E-state index in [1.165, 1.54) is 5.56 Å². The number of primary amides is 1. The van der Waals surface area contributed by atoms with Crippen LogP contribution in [0.15, 0.2) is 48.5 Å². The van der Waals surface area contributed by atoms with Crippen LogP contribution in [-0.2, 0) is 17.8 Å². The van der Waals surface area contributed by atoms with Crippen LogP contribution in [0.25, 0.3) is 0 Å². The Hall–Kier alpha value is -2.53. The van der Waals surface area contributed by atoms with Crippen LogP contribution in [0.2, 0.25) is 0 Å². The van der Waals surface area contributed by atoms with Crippen molar-refractivity contribution in [1.29, 1.82) is 0 Å². The van der Waals surface area contributed by atoms with Gasteiger partial charge in [-0.2, -0.15) is 0 Å². The molecule has 2 aromatic rings. The van der Waals surface area contributed by atoms with Gasteiger partial charge in [-0.3, -0.25) is 4.79 Å². The lowest BCUT2D eigenvalue weighted by Crippen LogP contribution is -2.38. The Morgan fingerprint density at radius 3 is 2.56 bits per heavy atom. The van der Waals surface area contributed by atoms with Gasteiger partial charge in [0.2, 0.25) is 5.91 Å². The van der Waals surface area contributed by atoms with Gasteiger partial charge in [-0.05, 0) is 55.2 Å². The number of hydrogen-bond acceptors (Lipinski definition) is 4. The Balaban J connectivity index is 1.71. The number of aryl methyl sites for hydroxylation is 1. The molecule has 3 N–H and O–H groups in total. The molecule has 134 valence electrons. The number of amides is 1. The number of carbonyl (C=O) groups excluding carboxylic acids is 1. The van der Waals surface area contributed by atoms with Gasteiger partial charge in [0.25, 0.3) is 0 Å². The molecule has 0 aliphatic heterocycles. The highest BCUT2D eigenvalue weighted by atomic mass is 16.5. The van der Waals surface area contributed by atoms with Crippen LogP contribution in [0.3, 0.4) is 0 Å². The van der Waals surface area contributed by atoms with Crippen molar-refractivity contribution in [3.63, 3.8) is 0 Å². The van der Waals surface area contributed by atoms with Crippen molar-refractivity contribution in [1.82, 2.24) is 5.32 Å². The minimum Gasteiger partial charge on any atom is -0.497 e. The fraction of sp³-hybridized carbons (Fsp3) is 0.350. The molecule has 0 radical (unpaired) electrons. The highest BCUT2D eigenvalue weighted by Crippen LogP contribution is 2.15. The van der Waals surface area contributed by atoms with Gasteiger partial charge in [0, 0.05) is 6.54 Å². The van der Waals surface area contributed by atoms with E-state index in [4.69, 9.17) is 15.2 Å². The second-order valence-electron chi connectivity index (χ2n) is 5.95. The summed E-state index contributed by atoms with van der Waals surface area (Å²) in [5, 5.41) is 3.07. The van der Waals surface area contributed by atoms with Crippen LogP contribution >= 0.6 is 0 Å². The average molecular weight is 342 g/mol. The minimum absolute atomic E-state index is 0.340. The van der Waals surface area contributed by atoms with E-state index in [0.717, 1.165) is 29.9 Å². The summed E-state index contributed by atoms with van der Waals surface area (Å²) in [6, 6.07) is 15.6. The van der Waals surface area contributed by atoms with E-state index in [1.54, 1.807) is 14.0 Å². The Morgan fingerprint density at radius 2 is 1.88 bits per heavy atom. The normalized spacial score (nSPS) is 11.8. The molecule has 1 unspecified atom stereocenters. The molecule has 0 aliphatic rings. The molecule has 1 atom stereocenters. The number of methoxy groups -OCH3 is 1. The molecule has 0 spiro atoms. The fourth-order valence-electron chi connectivity index (χ4n) is 2.37. The molecule has 2 aromatic carbocycles. The van der Waals surface area contributed by atoms with Crippen LogP contribution in [0, 0.1) is 0 Å². The fourth-order valence-corrected chi connectivity index (χ4v) is 2.37. The summed E-state index contributed by atoms with van der Waals surface area (Å²) in [7, 11) is 1.68. The zero-order chi connectivity index (χ0) is 18.1. The summed E-state index contributed by atoms with van der Waals surface area (Å²) < 4.78 is 11.0. The lowest BCUT2D eigenvalue weighted by molar-refractivity contribution is -0.119. The number of rotatable bonds is 10. The van der Waals surface area contributed by atoms with Crippen LogP contribution < -0.4 is 20.5 Å². The largest absolute Gasteiger partial charge is 0.497 e. The Morgan fingerprint density at radius 1 is 1.12 bits per heavy atom. The van der Waals surface area contributed by atoms with Crippen LogP contribution in [0.4, 0.5) is 0 Å². The predicted molar refractivity (Wildman–Crippen MR) is 98.7 cm³/mol. The van der Waals surface area contributed by atoms with Gasteiger partial charge in [0.1, 0.15) is 11.5 Å². The lowest BCUT2D eigenvalue weighted by atomic mass is 10.1. The molecular formula is C20H26N2O3. The van der Waals surface area contributed by atoms with Crippen molar-refractivity contribution >= 4 is 5.91 Å². The number of benzene rings is 2. The molecule has 0 aromatic heterocycles. The van der Waals surface area contributed by atoms with E-state index >= 15 is 0 Å². The van der Waals surface area contributed by atoms with E-state index in [-0.39, 0.29) is 11.9 Å². The molecule has 0 saturated heterocycles. The maximum Gasteiger partial charge on any atom is 0.234 e. The average Bonchev–Trinajstić information content (AvgIpc) is 2.64. The standard InChI is InChI=1S/C20H26N2O3/c1-15(20(21)23)22-14-17-8-10-18(11-9-17)25-12-4-6-16-5-3-7-19(13-16)24-2/h3,5,7-11,13,15,22H,4,6,12,14H2,1-2H3,(H2,21,23). The maximum atomic E-state index is 11.0. The van der Waals surface area contributed by atoms with Gasteiger partial charge in [0.05, 0.1) is 19.8 Å². The van der Waals surface area contributed by atoms with Gasteiger partial charge in [0.15, 0.2) is 0 Å². The first-order valence-corrected chi connectivity index (χ1v) is 8.46. The molecule has 2 rings (SSSR count). The smallest absolute Gasteiger partial charge is 0.234 e. The van der Waals surface area contributed by atoms with E-state index in [1.807, 2.05) is 36.4 Å². The molecule has 0 saturated carbocycles. The number of nitrogens with two attached hydrogens (primary N) is 1. The Bertz CT molecular complexity index is 671. The summed E-state index contributed by atoms with van der Waals surface area (Å²) in [5.74, 6) is 1.38. The SMILES string of the molecule is COc1cccc(CCCOc2ccc(CNC(C)C(N)=O)cc2)c1. The Kier molecular flexibility index (Phi) is 7.29. The lowest BCUT2D eigenvalue weighted by Gasteiger charge is -2.11. The summed E-state index contributed by atoms with van der Waals surface area (Å²) in [4.78, 5) is 11.0. The highest BCUT2D eigenvalue weighted by molar-refractivity contribution is 5.79. The zero-order valence-corrected chi connectivity index (χ0v) is 14.8. The summed E-state index contributed by atoms with van der Waals surface area (Å²) in [6.45, 7) is 3.01. The quantitative estimate of drug-likeness (QED) is 0.651. The van der Waals surface area contributed by atoms with Gasteiger partial charge in [-0.25, -0.2) is 0 Å². The number of nitrogens with one attached hydrogen (secondary N) is 1. The van der Waals surface area contributed by atoms with E-state index in [9.17, 15) is 4.79 Å². The van der Waals surface area contributed by atoms with Crippen molar-refractivity contribution in [2.75, 3.05) is 13.7 Å². The molecule has 1 amide bonds. The first-order valence-electron chi connectivity index (χ1n) is 8.46. The predicted octanol–water partition coefficient (Wildman–Crippen LogP) is 2.67. The van der Waals surface area contributed by atoms with Crippen molar-refractivity contribution in [2.45, 2.75) is 32.4 Å². The van der Waals surface area contributed by atoms with Crippen molar-refractivity contribution in [3.8, 4) is 11.5 Å². The minimum atomic E-state index is -0.351. The summed E-state index contributed by atoms with van der Waals surface area (Å²) >= 11 is 0. The highest BCUT2D eigenvalue weighted by Gasteiger charge is 2.07. The number of ether oxygens (including phenoxy) is 2. The molecule has 25 heavy (non-hydrogen) atoms. The van der Waals surface area contributed by atoms with Crippen molar-refractivity contribution in [3.05, 3.63) is 59.7 Å². The molecule has 0 aliphatic carbocycles. The molecule has 0 heterocycles. The number of carbonyl (C=O) groups is 1. The maximum absolute atomic E-state index is 11.0. The molecular weight excluding hydrogens is 316 g/mol. The molecule has 0 fully saturated rings. The van der Waals surface area contributed by atoms with Gasteiger partial charge in [-0.1, -0.05) is 24.3 Å². The molecule has 5 nitrogen and oxygen atoms in total. The second kappa shape index (κ2) is 9.69. The molecule has 5 heteroatoms. The van der Waals surface area contributed by atoms with E-state index in [0.29, 0.717) is 13.2 Å².